The van der Waals surface area contributed by atoms with Crippen LogP contribution in [-0.2, 0) is 11.2 Å². The van der Waals surface area contributed by atoms with E-state index in [-0.39, 0.29) is 6.42 Å². The van der Waals surface area contributed by atoms with E-state index < -0.39 is 5.97 Å². The number of rotatable bonds is 3. The van der Waals surface area contributed by atoms with Gasteiger partial charge in [-0.3, -0.25) is 4.79 Å². The van der Waals surface area contributed by atoms with Crippen molar-refractivity contribution in [2.75, 3.05) is 7.11 Å². The van der Waals surface area contributed by atoms with Crippen LogP contribution >= 0.6 is 15.9 Å². The van der Waals surface area contributed by atoms with Crippen molar-refractivity contribution in [1.82, 2.24) is 0 Å². The minimum atomic E-state index is -0.862. The molecule has 1 rings (SSSR count). The molecule has 4 heteroatoms. The first-order valence-corrected chi connectivity index (χ1v) is 4.89. The summed E-state index contributed by atoms with van der Waals surface area (Å²) in [4.78, 5) is 10.6. The van der Waals surface area contributed by atoms with E-state index in [0.717, 1.165) is 10.0 Å². The Morgan fingerprint density at radius 2 is 2.21 bits per heavy atom. The van der Waals surface area contributed by atoms with Crippen molar-refractivity contribution in [2.24, 2.45) is 0 Å². The SMILES string of the molecule is COc1c(CC(=O)O)ccc(C)c1Br. The molecular formula is C10H11BrO3. The minimum absolute atomic E-state index is 0.0257. The van der Waals surface area contributed by atoms with Crippen LogP contribution in [0.1, 0.15) is 11.1 Å². The molecule has 0 heterocycles. The summed E-state index contributed by atoms with van der Waals surface area (Å²) in [5.41, 5.74) is 1.70. The summed E-state index contributed by atoms with van der Waals surface area (Å²) in [5, 5.41) is 8.68. The zero-order valence-electron chi connectivity index (χ0n) is 8.00. The van der Waals surface area contributed by atoms with E-state index in [1.54, 1.807) is 6.07 Å². The third kappa shape index (κ3) is 2.26. The topological polar surface area (TPSA) is 46.5 Å². The first kappa shape index (κ1) is 11.0. The molecule has 0 spiro atoms. The van der Waals surface area contributed by atoms with Crippen LogP contribution < -0.4 is 4.74 Å². The molecule has 0 fully saturated rings. The number of methoxy groups -OCH3 is 1. The molecule has 0 saturated carbocycles. The van der Waals surface area contributed by atoms with Gasteiger partial charge in [0.15, 0.2) is 0 Å². The first-order valence-electron chi connectivity index (χ1n) is 4.10. The zero-order chi connectivity index (χ0) is 10.7. The third-order valence-electron chi connectivity index (χ3n) is 1.92. The molecule has 0 aromatic heterocycles. The van der Waals surface area contributed by atoms with Crippen molar-refractivity contribution >= 4 is 21.9 Å². The van der Waals surface area contributed by atoms with Crippen LogP contribution in [0.5, 0.6) is 5.75 Å². The summed E-state index contributed by atoms with van der Waals surface area (Å²) < 4.78 is 5.97. The van der Waals surface area contributed by atoms with E-state index >= 15 is 0 Å². The number of ether oxygens (including phenoxy) is 1. The lowest BCUT2D eigenvalue weighted by atomic mass is 10.1. The second-order valence-corrected chi connectivity index (χ2v) is 3.75. The Morgan fingerprint density at radius 3 is 2.71 bits per heavy atom. The van der Waals surface area contributed by atoms with Crippen molar-refractivity contribution in [2.45, 2.75) is 13.3 Å². The van der Waals surface area contributed by atoms with Gasteiger partial charge in [0, 0.05) is 5.56 Å². The monoisotopic (exact) mass is 258 g/mol. The maximum atomic E-state index is 10.6. The van der Waals surface area contributed by atoms with Crippen molar-refractivity contribution in [3.63, 3.8) is 0 Å². The summed E-state index contributed by atoms with van der Waals surface area (Å²) in [6, 6.07) is 3.64. The van der Waals surface area contributed by atoms with Gasteiger partial charge in [0.05, 0.1) is 18.0 Å². The first-order chi connectivity index (χ1) is 6.56. The Morgan fingerprint density at radius 1 is 1.57 bits per heavy atom. The van der Waals surface area contributed by atoms with Gasteiger partial charge in [-0.1, -0.05) is 12.1 Å². The number of carboxylic acids is 1. The second kappa shape index (κ2) is 4.46. The van der Waals surface area contributed by atoms with Gasteiger partial charge >= 0.3 is 5.97 Å². The van der Waals surface area contributed by atoms with Crippen molar-refractivity contribution < 1.29 is 14.6 Å². The predicted octanol–water partition coefficient (Wildman–Crippen LogP) is 2.39. The lowest BCUT2D eigenvalue weighted by Gasteiger charge is -2.10. The molecular weight excluding hydrogens is 248 g/mol. The molecule has 0 unspecified atom stereocenters. The highest BCUT2D eigenvalue weighted by Gasteiger charge is 2.11. The number of halogens is 1. The summed E-state index contributed by atoms with van der Waals surface area (Å²) in [6.07, 6.45) is -0.0257. The highest BCUT2D eigenvalue weighted by Crippen LogP contribution is 2.32. The average Bonchev–Trinajstić information content (AvgIpc) is 2.11. The molecule has 1 aromatic carbocycles. The Hall–Kier alpha value is -1.03. The molecule has 14 heavy (non-hydrogen) atoms. The van der Waals surface area contributed by atoms with Crippen molar-refractivity contribution in [1.29, 1.82) is 0 Å². The molecule has 0 aliphatic heterocycles. The van der Waals surface area contributed by atoms with Gasteiger partial charge in [-0.15, -0.1) is 0 Å². The fraction of sp³-hybridized carbons (Fsp3) is 0.300. The van der Waals surface area contributed by atoms with Gasteiger partial charge < -0.3 is 9.84 Å². The largest absolute Gasteiger partial charge is 0.495 e. The van der Waals surface area contributed by atoms with Crippen molar-refractivity contribution in [3.8, 4) is 5.75 Å². The van der Waals surface area contributed by atoms with Crippen LogP contribution in [0.4, 0.5) is 0 Å². The highest BCUT2D eigenvalue weighted by atomic mass is 79.9. The van der Waals surface area contributed by atoms with Crippen molar-refractivity contribution in [3.05, 3.63) is 27.7 Å². The van der Waals surface area contributed by atoms with Gasteiger partial charge in [-0.2, -0.15) is 0 Å². The number of benzene rings is 1. The molecule has 0 amide bonds. The van der Waals surface area contributed by atoms with E-state index in [0.29, 0.717) is 11.3 Å². The molecule has 1 N–H and O–H groups in total. The molecule has 0 atom stereocenters. The number of carboxylic acid groups (broad SMARTS) is 1. The molecule has 3 nitrogen and oxygen atoms in total. The van der Waals surface area contributed by atoms with Crippen LogP contribution in [0.2, 0.25) is 0 Å². The van der Waals surface area contributed by atoms with Gasteiger partial charge in [-0.25, -0.2) is 0 Å². The summed E-state index contributed by atoms with van der Waals surface area (Å²) in [6.45, 7) is 1.93. The summed E-state index contributed by atoms with van der Waals surface area (Å²) in [7, 11) is 1.53. The Bertz CT molecular complexity index is 361. The zero-order valence-corrected chi connectivity index (χ0v) is 9.59. The molecule has 0 aliphatic rings. The maximum absolute atomic E-state index is 10.6. The van der Waals surface area contributed by atoms with Crippen LogP contribution in [0.25, 0.3) is 0 Å². The van der Waals surface area contributed by atoms with E-state index in [1.807, 2.05) is 13.0 Å². The van der Waals surface area contributed by atoms with E-state index in [2.05, 4.69) is 15.9 Å². The molecule has 0 bridgehead atoms. The number of hydrogen-bond donors (Lipinski definition) is 1. The lowest BCUT2D eigenvalue weighted by molar-refractivity contribution is -0.136. The average molecular weight is 259 g/mol. The molecule has 1 aromatic rings. The van der Waals surface area contributed by atoms with E-state index in [1.165, 1.54) is 7.11 Å². The van der Waals surface area contributed by atoms with Crippen LogP contribution in [-0.4, -0.2) is 18.2 Å². The highest BCUT2D eigenvalue weighted by molar-refractivity contribution is 9.10. The van der Waals surface area contributed by atoms with Gasteiger partial charge in [0.25, 0.3) is 0 Å². The fourth-order valence-electron chi connectivity index (χ4n) is 1.22. The molecule has 0 saturated heterocycles. The predicted molar refractivity (Wildman–Crippen MR) is 56.8 cm³/mol. The number of aliphatic carboxylic acids is 1. The minimum Gasteiger partial charge on any atom is -0.495 e. The smallest absolute Gasteiger partial charge is 0.307 e. The second-order valence-electron chi connectivity index (χ2n) is 2.96. The summed E-state index contributed by atoms with van der Waals surface area (Å²) >= 11 is 3.36. The van der Waals surface area contributed by atoms with E-state index in [4.69, 9.17) is 9.84 Å². The third-order valence-corrected chi connectivity index (χ3v) is 2.90. The number of hydrogen-bond acceptors (Lipinski definition) is 2. The number of carbonyl (C=O) groups is 1. The van der Waals surface area contributed by atoms with Gasteiger partial charge in [-0.05, 0) is 28.4 Å². The molecule has 0 aliphatic carbocycles. The van der Waals surface area contributed by atoms with Crippen LogP contribution in [0.15, 0.2) is 16.6 Å². The number of aryl methyl sites for hydroxylation is 1. The molecule has 76 valence electrons. The van der Waals surface area contributed by atoms with Crippen LogP contribution in [0.3, 0.4) is 0 Å². The van der Waals surface area contributed by atoms with Gasteiger partial charge in [0.2, 0.25) is 0 Å². The molecule has 0 radical (unpaired) electrons. The fourth-order valence-corrected chi connectivity index (χ4v) is 1.77. The Kier molecular flexibility index (Phi) is 3.52. The van der Waals surface area contributed by atoms with E-state index in [9.17, 15) is 4.79 Å². The lowest BCUT2D eigenvalue weighted by Crippen LogP contribution is -2.03. The standard InChI is InChI=1S/C10H11BrO3/c1-6-3-4-7(5-8(12)13)10(14-2)9(6)11/h3-4H,5H2,1-2H3,(H,12,13). The summed E-state index contributed by atoms with van der Waals surface area (Å²) in [5.74, 6) is -0.258. The normalized spacial score (nSPS) is 9.93. The van der Waals surface area contributed by atoms with Gasteiger partial charge in [0.1, 0.15) is 5.75 Å². The maximum Gasteiger partial charge on any atom is 0.307 e. The van der Waals surface area contributed by atoms with Crippen LogP contribution in [0, 0.1) is 6.92 Å². The quantitative estimate of drug-likeness (QED) is 0.906. The Balaban J connectivity index is 3.17. The Labute approximate surface area is 90.8 Å².